The van der Waals surface area contributed by atoms with Crippen molar-refractivity contribution < 1.29 is 0 Å². The van der Waals surface area contributed by atoms with Gasteiger partial charge in [0.25, 0.3) is 0 Å². The molecule has 1 aromatic carbocycles. The number of thiophene rings is 1. The highest BCUT2D eigenvalue weighted by Crippen LogP contribution is 2.23. The van der Waals surface area contributed by atoms with Gasteiger partial charge < -0.3 is 5.32 Å². The molecule has 0 aliphatic heterocycles. The molecule has 0 radical (unpaired) electrons. The van der Waals surface area contributed by atoms with Crippen molar-refractivity contribution in [3.8, 4) is 0 Å². The first kappa shape index (κ1) is 11.4. The Bertz CT molecular complexity index is 602. The molecule has 3 nitrogen and oxygen atoms in total. The number of para-hydroxylation sites is 1. The first-order valence-electron chi connectivity index (χ1n) is 5.57. The molecule has 0 saturated heterocycles. The van der Waals surface area contributed by atoms with E-state index in [0.29, 0.717) is 0 Å². The minimum Gasteiger partial charge on any atom is -0.330 e. The second-order valence-corrected chi connectivity index (χ2v) is 5.84. The molecule has 2 heterocycles. The molecular weight excluding hydrogens is 262 g/mol. The van der Waals surface area contributed by atoms with Crippen molar-refractivity contribution in [2.24, 2.45) is 0 Å². The van der Waals surface area contributed by atoms with Crippen LogP contribution in [0.3, 0.4) is 0 Å². The maximum Gasteiger partial charge on any atom is 0.210 e. The zero-order valence-corrected chi connectivity index (χ0v) is 11.2. The molecule has 3 rings (SSSR count). The van der Waals surface area contributed by atoms with E-state index in [-0.39, 0.29) is 0 Å². The average Bonchev–Trinajstić information content (AvgIpc) is 3.03. The van der Waals surface area contributed by atoms with Crippen LogP contribution in [0.2, 0.25) is 0 Å². The van der Waals surface area contributed by atoms with Crippen molar-refractivity contribution >= 4 is 33.5 Å². The van der Waals surface area contributed by atoms with E-state index in [9.17, 15) is 0 Å². The van der Waals surface area contributed by atoms with Gasteiger partial charge in [-0.2, -0.15) is 0 Å². The van der Waals surface area contributed by atoms with E-state index < -0.39 is 0 Å². The van der Waals surface area contributed by atoms with Gasteiger partial charge in [-0.05, 0) is 23.6 Å². The van der Waals surface area contributed by atoms with Gasteiger partial charge in [0.1, 0.15) is 5.01 Å². The second-order valence-electron chi connectivity index (χ2n) is 3.75. The predicted molar refractivity (Wildman–Crippen MR) is 76.8 cm³/mol. The highest BCUT2D eigenvalue weighted by Gasteiger charge is 2.05. The number of hydrogen-bond donors (Lipinski definition) is 1. The van der Waals surface area contributed by atoms with E-state index in [4.69, 9.17) is 0 Å². The van der Waals surface area contributed by atoms with Crippen molar-refractivity contribution in [1.29, 1.82) is 0 Å². The lowest BCUT2D eigenvalue weighted by Gasteiger charge is -1.99. The summed E-state index contributed by atoms with van der Waals surface area (Å²) in [5.74, 6) is 0. The van der Waals surface area contributed by atoms with Crippen molar-refractivity contribution in [1.82, 2.24) is 10.2 Å². The Morgan fingerprint density at radius 2 is 1.89 bits per heavy atom. The van der Waals surface area contributed by atoms with Crippen LogP contribution in [-0.2, 0) is 6.42 Å². The van der Waals surface area contributed by atoms with Gasteiger partial charge >= 0.3 is 0 Å². The average molecular weight is 273 g/mol. The molecule has 18 heavy (non-hydrogen) atoms. The Labute approximate surface area is 113 Å². The van der Waals surface area contributed by atoms with E-state index in [2.05, 4.69) is 33.0 Å². The van der Waals surface area contributed by atoms with Crippen molar-refractivity contribution in [2.45, 2.75) is 6.42 Å². The fraction of sp³-hybridized carbons (Fsp3) is 0.0769. The van der Waals surface area contributed by atoms with Crippen LogP contribution in [0.1, 0.15) is 9.88 Å². The molecule has 1 N–H and O–H groups in total. The topological polar surface area (TPSA) is 37.8 Å². The lowest BCUT2D eigenvalue weighted by Crippen LogP contribution is -1.88. The number of nitrogens with zero attached hydrogens (tertiary/aromatic N) is 2. The quantitative estimate of drug-likeness (QED) is 0.782. The number of hydrogen-bond acceptors (Lipinski definition) is 5. The molecule has 3 aromatic rings. The summed E-state index contributed by atoms with van der Waals surface area (Å²) < 4.78 is 0. The summed E-state index contributed by atoms with van der Waals surface area (Å²) in [6, 6.07) is 14.2. The molecule has 0 bridgehead atoms. The van der Waals surface area contributed by atoms with E-state index in [1.807, 2.05) is 30.3 Å². The molecule has 0 saturated carbocycles. The third-order valence-corrected chi connectivity index (χ3v) is 4.11. The summed E-state index contributed by atoms with van der Waals surface area (Å²) in [6.45, 7) is 0. The number of rotatable bonds is 4. The molecule has 5 heteroatoms. The molecular formula is C13H11N3S2. The Kier molecular flexibility index (Phi) is 3.34. The van der Waals surface area contributed by atoms with Gasteiger partial charge in [-0.3, -0.25) is 0 Å². The lowest BCUT2D eigenvalue weighted by molar-refractivity contribution is 1.01. The fourth-order valence-corrected chi connectivity index (χ4v) is 3.17. The van der Waals surface area contributed by atoms with Gasteiger partial charge in [0.15, 0.2) is 0 Å². The number of nitrogens with one attached hydrogen (secondary N) is 1. The monoisotopic (exact) mass is 273 g/mol. The molecule has 2 aromatic heterocycles. The first-order chi connectivity index (χ1) is 8.90. The zero-order valence-electron chi connectivity index (χ0n) is 9.54. The maximum atomic E-state index is 4.20. The Morgan fingerprint density at radius 3 is 2.67 bits per heavy atom. The van der Waals surface area contributed by atoms with Gasteiger partial charge in [-0.1, -0.05) is 35.6 Å². The van der Waals surface area contributed by atoms with Crippen molar-refractivity contribution in [2.75, 3.05) is 5.32 Å². The fourth-order valence-electron chi connectivity index (χ4n) is 1.58. The van der Waals surface area contributed by atoms with Crippen LogP contribution in [0.15, 0.2) is 47.8 Å². The minimum absolute atomic E-state index is 0.841. The van der Waals surface area contributed by atoms with E-state index in [1.54, 1.807) is 22.7 Å². The van der Waals surface area contributed by atoms with E-state index >= 15 is 0 Å². The molecule has 90 valence electrons. The number of anilines is 2. The van der Waals surface area contributed by atoms with Crippen molar-refractivity contribution in [3.05, 3.63) is 57.7 Å². The summed E-state index contributed by atoms with van der Waals surface area (Å²) in [6.07, 6.45) is 0.867. The SMILES string of the molecule is c1ccc(Nc2nnc(Cc3cccs3)s2)cc1. The largest absolute Gasteiger partial charge is 0.330 e. The van der Waals surface area contributed by atoms with Gasteiger partial charge in [0, 0.05) is 17.0 Å². The molecule has 0 aliphatic rings. The summed E-state index contributed by atoms with van der Waals surface area (Å²) in [5, 5.41) is 15.6. The van der Waals surface area contributed by atoms with Crippen LogP contribution in [0.25, 0.3) is 0 Å². The van der Waals surface area contributed by atoms with Gasteiger partial charge in [0.05, 0.1) is 0 Å². The van der Waals surface area contributed by atoms with E-state index in [0.717, 1.165) is 22.2 Å². The molecule has 0 spiro atoms. The first-order valence-corrected chi connectivity index (χ1v) is 7.26. The second kappa shape index (κ2) is 5.29. The maximum absolute atomic E-state index is 4.20. The third-order valence-electron chi connectivity index (χ3n) is 2.40. The van der Waals surface area contributed by atoms with Crippen LogP contribution in [0, 0.1) is 0 Å². The highest BCUT2D eigenvalue weighted by molar-refractivity contribution is 7.15. The molecule has 0 amide bonds. The molecule has 0 fully saturated rings. The Balaban J connectivity index is 1.70. The third kappa shape index (κ3) is 2.75. The predicted octanol–water partition coefficient (Wildman–Crippen LogP) is 3.93. The van der Waals surface area contributed by atoms with E-state index in [1.165, 1.54) is 4.88 Å². The summed E-state index contributed by atoms with van der Waals surface area (Å²) in [4.78, 5) is 1.32. The Morgan fingerprint density at radius 1 is 1.00 bits per heavy atom. The van der Waals surface area contributed by atoms with Gasteiger partial charge in [-0.25, -0.2) is 0 Å². The highest BCUT2D eigenvalue weighted by atomic mass is 32.1. The standard InChI is InChI=1S/C13H11N3S2/c1-2-5-10(6-3-1)14-13-16-15-12(18-13)9-11-7-4-8-17-11/h1-8H,9H2,(H,14,16). The van der Waals surface area contributed by atoms with Crippen LogP contribution >= 0.6 is 22.7 Å². The summed E-state index contributed by atoms with van der Waals surface area (Å²) in [5.41, 5.74) is 1.04. The van der Waals surface area contributed by atoms with Crippen LogP contribution in [0.5, 0.6) is 0 Å². The van der Waals surface area contributed by atoms with Crippen LogP contribution < -0.4 is 5.32 Å². The molecule has 0 unspecified atom stereocenters. The Hall–Kier alpha value is -1.72. The smallest absolute Gasteiger partial charge is 0.210 e. The molecule has 0 aliphatic carbocycles. The summed E-state index contributed by atoms with van der Waals surface area (Å²) in [7, 11) is 0. The number of benzene rings is 1. The lowest BCUT2D eigenvalue weighted by atomic mass is 10.3. The van der Waals surface area contributed by atoms with Crippen molar-refractivity contribution in [3.63, 3.8) is 0 Å². The van der Waals surface area contributed by atoms with Crippen LogP contribution in [-0.4, -0.2) is 10.2 Å². The summed E-state index contributed by atoms with van der Waals surface area (Å²) >= 11 is 3.35. The van der Waals surface area contributed by atoms with Gasteiger partial charge in [-0.15, -0.1) is 21.5 Å². The van der Waals surface area contributed by atoms with Gasteiger partial charge in [0.2, 0.25) is 5.13 Å². The van der Waals surface area contributed by atoms with Crippen LogP contribution in [0.4, 0.5) is 10.8 Å². The number of aromatic nitrogens is 2. The normalized spacial score (nSPS) is 10.4. The molecule has 0 atom stereocenters. The zero-order chi connectivity index (χ0) is 12.2. The minimum atomic E-state index is 0.841.